The Kier molecular flexibility index (Phi) is 3.50. The number of aromatic nitrogens is 2. The van der Waals surface area contributed by atoms with Crippen LogP contribution in [-0.2, 0) is 4.18 Å². The first kappa shape index (κ1) is 18.3. The van der Waals surface area contributed by atoms with Gasteiger partial charge in [-0.05, 0) is 25.0 Å². The van der Waals surface area contributed by atoms with Gasteiger partial charge >= 0.3 is 0 Å². The Morgan fingerprint density at radius 2 is 1.44 bits per heavy atom. The number of carbonyl (C=O) groups is 2. The average Bonchev–Trinajstić information content (AvgIpc) is 3.39. The highest BCUT2D eigenvalue weighted by molar-refractivity contribution is 7.75. The number of aliphatic hydroxyl groups is 1. The third-order valence-electron chi connectivity index (χ3n) is 6.94. The van der Waals surface area contributed by atoms with Gasteiger partial charge in [0, 0.05) is 33.5 Å². The number of aliphatic hydroxyl groups excluding tert-OH is 1. The molecule has 2 N–H and O–H groups in total. The molecule has 158 valence electrons. The summed E-state index contributed by atoms with van der Waals surface area (Å²) in [6.45, 7) is -0.103. The Morgan fingerprint density at radius 3 is 2.00 bits per heavy atom. The molecule has 3 aromatic carbocycles. The fraction of sp³-hybridized carbons (Fsp3) is 0.167. The van der Waals surface area contributed by atoms with Gasteiger partial charge in [0.1, 0.15) is 6.23 Å². The van der Waals surface area contributed by atoms with Gasteiger partial charge in [-0.2, -0.15) is 0 Å². The molecule has 0 bridgehead atoms. The fourth-order valence-corrected chi connectivity index (χ4v) is 5.98. The number of hydrogen-bond donors (Lipinski definition) is 3. The molecule has 8 heteroatoms. The van der Waals surface area contributed by atoms with Crippen molar-refractivity contribution in [3.05, 3.63) is 59.7 Å². The Morgan fingerprint density at radius 1 is 0.906 bits per heavy atom. The van der Waals surface area contributed by atoms with Crippen LogP contribution in [0.5, 0.6) is 0 Å². The molecule has 4 heterocycles. The number of nitrogens with one attached hydrogen (secondary N) is 1. The average molecular weight is 443 g/mol. The number of hydrogen-bond acceptors (Lipinski definition) is 5. The van der Waals surface area contributed by atoms with E-state index in [2.05, 4.69) is 27.4 Å². The van der Waals surface area contributed by atoms with Crippen LogP contribution in [0.15, 0.2) is 48.5 Å². The Bertz CT molecular complexity index is 1540. The minimum atomic E-state index is -0.474. The fourth-order valence-electron chi connectivity index (χ4n) is 5.80. The summed E-state index contributed by atoms with van der Waals surface area (Å²) < 4.78 is 9.80. The molecule has 0 spiro atoms. The van der Waals surface area contributed by atoms with E-state index in [9.17, 15) is 14.7 Å². The molecule has 0 radical (unpaired) electrons. The first-order chi connectivity index (χ1) is 15.7. The van der Waals surface area contributed by atoms with Crippen LogP contribution in [0.25, 0.3) is 43.6 Å². The summed E-state index contributed by atoms with van der Waals surface area (Å²) in [6, 6.07) is 15.3. The number of imide groups is 1. The lowest BCUT2D eigenvalue weighted by Crippen LogP contribution is -2.20. The van der Waals surface area contributed by atoms with E-state index in [1.165, 1.54) is 0 Å². The topological polar surface area (TPSA) is 85.5 Å². The number of thiol groups is 1. The lowest BCUT2D eigenvalue weighted by Gasteiger charge is -2.22. The Balaban J connectivity index is 1.91. The number of amides is 2. The molecule has 2 aliphatic rings. The second-order valence-corrected chi connectivity index (χ2v) is 8.60. The highest BCUT2D eigenvalue weighted by Crippen LogP contribution is 2.49. The molecule has 0 saturated heterocycles. The summed E-state index contributed by atoms with van der Waals surface area (Å²) in [7, 11) is 0. The molecule has 1 unspecified atom stereocenters. The summed E-state index contributed by atoms with van der Waals surface area (Å²) in [4.78, 5) is 26.1. The zero-order valence-electron chi connectivity index (χ0n) is 16.7. The molecule has 0 fully saturated rings. The third-order valence-corrected chi connectivity index (χ3v) is 7.18. The maximum Gasteiger partial charge on any atom is 0.259 e. The van der Waals surface area contributed by atoms with Gasteiger partial charge < -0.3 is 14.2 Å². The third kappa shape index (κ3) is 1.96. The first-order valence-electron chi connectivity index (χ1n) is 10.4. The van der Waals surface area contributed by atoms with Crippen molar-refractivity contribution in [1.29, 1.82) is 0 Å². The second kappa shape index (κ2) is 6.13. The van der Waals surface area contributed by atoms with Gasteiger partial charge in [0.05, 0.1) is 40.3 Å². The van der Waals surface area contributed by atoms with Crippen molar-refractivity contribution in [3.63, 3.8) is 0 Å². The molecule has 2 aliphatic heterocycles. The lowest BCUT2D eigenvalue weighted by molar-refractivity contribution is 0.0880. The summed E-state index contributed by atoms with van der Waals surface area (Å²) in [5.74, 6) is -0.781. The normalized spacial score (nSPS) is 20.1. The molecule has 32 heavy (non-hydrogen) atoms. The zero-order chi connectivity index (χ0) is 21.7. The van der Waals surface area contributed by atoms with Crippen molar-refractivity contribution >= 4 is 68.3 Å². The maximum atomic E-state index is 13.1. The van der Waals surface area contributed by atoms with Crippen molar-refractivity contribution in [1.82, 2.24) is 14.5 Å². The second-order valence-electron chi connectivity index (χ2n) is 8.39. The molecule has 2 atom stereocenters. The van der Waals surface area contributed by atoms with Crippen molar-refractivity contribution in [2.75, 3.05) is 6.61 Å². The SMILES string of the molecule is O=C1NC(=O)c2c1c1c3ccccc3n3c1c1c2c2ccccc2n1[C@@H](OS)CC3CO. The van der Waals surface area contributed by atoms with E-state index in [1.54, 1.807) is 0 Å². The highest BCUT2D eigenvalue weighted by atomic mass is 32.1. The van der Waals surface area contributed by atoms with Crippen LogP contribution in [-0.4, -0.2) is 32.7 Å². The van der Waals surface area contributed by atoms with Gasteiger partial charge in [0.25, 0.3) is 11.8 Å². The minimum absolute atomic E-state index is 0.103. The molecule has 7 nitrogen and oxygen atoms in total. The highest BCUT2D eigenvalue weighted by Gasteiger charge is 2.39. The zero-order valence-corrected chi connectivity index (χ0v) is 17.6. The quantitative estimate of drug-likeness (QED) is 0.218. The molecule has 0 aliphatic carbocycles. The summed E-state index contributed by atoms with van der Waals surface area (Å²) in [5, 5.41) is 16.1. The molecular weight excluding hydrogens is 426 g/mol. The molecule has 5 aromatic rings. The van der Waals surface area contributed by atoms with Crippen molar-refractivity contribution < 1.29 is 18.9 Å². The van der Waals surface area contributed by atoms with E-state index >= 15 is 0 Å². The number of rotatable bonds is 2. The van der Waals surface area contributed by atoms with Crippen LogP contribution in [0.2, 0.25) is 0 Å². The Hall–Kier alpha value is -3.33. The largest absolute Gasteiger partial charge is 0.394 e. The maximum absolute atomic E-state index is 13.1. The predicted molar refractivity (Wildman–Crippen MR) is 124 cm³/mol. The van der Waals surface area contributed by atoms with E-state index < -0.39 is 18.0 Å². The Labute approximate surface area is 186 Å². The summed E-state index contributed by atoms with van der Waals surface area (Å²) >= 11 is 4.18. The van der Waals surface area contributed by atoms with E-state index in [1.807, 2.05) is 48.5 Å². The molecular formula is C24H17N3O4S. The molecule has 2 amide bonds. The molecule has 0 saturated carbocycles. The van der Waals surface area contributed by atoms with Gasteiger partial charge in [-0.25, -0.2) is 0 Å². The standard InChI is InChI=1S/C24H17N3O4S/c28-10-11-9-16(31-32)27-15-8-4-2-6-13(15)18-20-19(23(29)25-24(20)30)17-12-5-1-3-7-14(12)26(11)21(17)22(18)27/h1-8,11,16,28,32H,9-10H2,(H,25,29,30)/t11?,16-/m0/s1. The van der Waals surface area contributed by atoms with Gasteiger partial charge in [-0.3, -0.25) is 19.1 Å². The molecule has 2 aromatic heterocycles. The van der Waals surface area contributed by atoms with E-state index in [4.69, 9.17) is 4.18 Å². The van der Waals surface area contributed by atoms with Crippen molar-refractivity contribution in [2.24, 2.45) is 0 Å². The van der Waals surface area contributed by atoms with Crippen LogP contribution in [0.3, 0.4) is 0 Å². The van der Waals surface area contributed by atoms with Gasteiger partial charge in [-0.15, -0.1) is 0 Å². The predicted octanol–water partition coefficient (Wildman–Crippen LogP) is 4.08. The van der Waals surface area contributed by atoms with E-state index in [-0.39, 0.29) is 12.6 Å². The smallest absolute Gasteiger partial charge is 0.259 e. The number of para-hydroxylation sites is 2. The first-order valence-corrected chi connectivity index (χ1v) is 10.8. The van der Waals surface area contributed by atoms with Crippen LogP contribution >= 0.6 is 12.9 Å². The number of nitrogens with zero attached hydrogens (tertiary/aromatic N) is 2. The molecule has 7 rings (SSSR count). The van der Waals surface area contributed by atoms with Gasteiger partial charge in [0.15, 0.2) is 0 Å². The number of carbonyl (C=O) groups excluding carboxylic acids is 2. The van der Waals surface area contributed by atoms with Crippen molar-refractivity contribution in [3.8, 4) is 0 Å². The van der Waals surface area contributed by atoms with E-state index in [0.29, 0.717) is 17.5 Å². The minimum Gasteiger partial charge on any atom is -0.394 e. The number of fused-ring (bicyclic) bond motifs is 9. The monoisotopic (exact) mass is 443 g/mol. The summed E-state index contributed by atoms with van der Waals surface area (Å²) in [6.07, 6.45) is -0.000858. The van der Waals surface area contributed by atoms with E-state index in [0.717, 1.165) is 43.6 Å². The van der Waals surface area contributed by atoms with Crippen molar-refractivity contribution in [2.45, 2.75) is 18.7 Å². The lowest BCUT2D eigenvalue weighted by atomic mass is 9.96. The van der Waals surface area contributed by atoms with Gasteiger partial charge in [0.2, 0.25) is 0 Å². The van der Waals surface area contributed by atoms with Crippen LogP contribution < -0.4 is 5.32 Å². The van der Waals surface area contributed by atoms with Crippen LogP contribution in [0, 0.1) is 0 Å². The summed E-state index contributed by atoms with van der Waals surface area (Å²) in [5.41, 5.74) is 4.23. The van der Waals surface area contributed by atoms with Crippen LogP contribution in [0.1, 0.15) is 39.4 Å². The van der Waals surface area contributed by atoms with Crippen LogP contribution in [0.4, 0.5) is 0 Å². The van der Waals surface area contributed by atoms with Gasteiger partial charge in [-0.1, -0.05) is 36.4 Å². The number of benzene rings is 3.